The van der Waals surface area contributed by atoms with Gasteiger partial charge in [0.1, 0.15) is 11.5 Å². The molecular weight excluding hydrogens is 489 g/mol. The van der Waals surface area contributed by atoms with Gasteiger partial charge in [-0.3, -0.25) is 9.78 Å². The number of nitrogens with zero attached hydrogens (tertiary/aromatic N) is 4. The van der Waals surface area contributed by atoms with E-state index in [1.807, 2.05) is 0 Å². The molecule has 4 heterocycles. The highest BCUT2D eigenvalue weighted by atomic mass is 32.1. The fourth-order valence-corrected chi connectivity index (χ4v) is 5.02. The van der Waals surface area contributed by atoms with Crippen molar-refractivity contribution in [2.45, 2.75) is 38.4 Å². The van der Waals surface area contributed by atoms with Crippen molar-refractivity contribution in [2.24, 2.45) is 5.92 Å². The summed E-state index contributed by atoms with van der Waals surface area (Å²) in [5.74, 6) is -4.18. The van der Waals surface area contributed by atoms with Crippen molar-refractivity contribution in [3.05, 3.63) is 59.0 Å². The van der Waals surface area contributed by atoms with Gasteiger partial charge in [-0.2, -0.15) is 13.2 Å². The van der Waals surface area contributed by atoms with Crippen LogP contribution in [-0.4, -0.2) is 50.8 Å². The SMILES string of the molecule is Cc1nc(C(=O)N2CC(F)(F)CC(C)[C@H]2CNc2ccc(C(F)(F)F)cn2)c(-c2ccccn2)s1. The Bertz CT molecular complexity index is 1180. The Morgan fingerprint density at radius 1 is 1.23 bits per heavy atom. The van der Waals surface area contributed by atoms with Crippen LogP contribution in [0.2, 0.25) is 0 Å². The third kappa shape index (κ3) is 5.58. The zero-order valence-corrected chi connectivity index (χ0v) is 19.6. The summed E-state index contributed by atoms with van der Waals surface area (Å²) in [6, 6.07) is 6.58. The van der Waals surface area contributed by atoms with E-state index in [9.17, 15) is 26.7 Å². The van der Waals surface area contributed by atoms with E-state index < -0.39 is 48.5 Å². The number of carbonyl (C=O) groups is 1. The number of hydrogen-bond acceptors (Lipinski definition) is 6. The summed E-state index contributed by atoms with van der Waals surface area (Å²) < 4.78 is 67.5. The number of alkyl halides is 5. The highest BCUT2D eigenvalue weighted by Crippen LogP contribution is 2.37. The van der Waals surface area contributed by atoms with Crippen LogP contribution < -0.4 is 5.32 Å². The molecule has 0 aliphatic carbocycles. The molecule has 1 aliphatic rings. The van der Waals surface area contributed by atoms with Gasteiger partial charge in [-0.05, 0) is 37.1 Å². The highest BCUT2D eigenvalue weighted by Gasteiger charge is 2.47. The van der Waals surface area contributed by atoms with E-state index in [1.165, 1.54) is 17.4 Å². The molecule has 1 N–H and O–H groups in total. The molecule has 0 bridgehead atoms. The molecule has 1 unspecified atom stereocenters. The monoisotopic (exact) mass is 511 g/mol. The lowest BCUT2D eigenvalue weighted by atomic mass is 9.88. The van der Waals surface area contributed by atoms with Crippen molar-refractivity contribution in [3.8, 4) is 10.6 Å². The summed E-state index contributed by atoms with van der Waals surface area (Å²) in [5, 5.41) is 3.48. The van der Waals surface area contributed by atoms with Gasteiger partial charge in [0.15, 0.2) is 0 Å². The van der Waals surface area contributed by atoms with Crippen LogP contribution in [0, 0.1) is 12.8 Å². The summed E-state index contributed by atoms with van der Waals surface area (Å²) >= 11 is 1.25. The summed E-state index contributed by atoms with van der Waals surface area (Å²) in [6.07, 6.45) is -2.68. The minimum atomic E-state index is -4.52. The molecule has 4 rings (SSSR count). The molecule has 0 saturated carbocycles. The van der Waals surface area contributed by atoms with Crippen LogP contribution in [-0.2, 0) is 6.18 Å². The van der Waals surface area contributed by atoms with Crippen LogP contribution in [0.4, 0.5) is 27.8 Å². The first-order chi connectivity index (χ1) is 16.4. The number of aryl methyl sites for hydroxylation is 1. The van der Waals surface area contributed by atoms with E-state index in [4.69, 9.17) is 0 Å². The lowest BCUT2D eigenvalue weighted by Gasteiger charge is -2.43. The molecule has 0 radical (unpaired) electrons. The van der Waals surface area contributed by atoms with Crippen molar-refractivity contribution in [1.29, 1.82) is 0 Å². The molecule has 35 heavy (non-hydrogen) atoms. The van der Waals surface area contributed by atoms with Gasteiger partial charge in [-0.1, -0.05) is 13.0 Å². The molecule has 0 spiro atoms. The smallest absolute Gasteiger partial charge is 0.368 e. The largest absolute Gasteiger partial charge is 0.417 e. The zero-order chi connectivity index (χ0) is 25.4. The second kappa shape index (κ2) is 9.48. The number of nitrogens with one attached hydrogen (secondary N) is 1. The van der Waals surface area contributed by atoms with Gasteiger partial charge in [0.25, 0.3) is 11.8 Å². The average molecular weight is 512 g/mol. The van der Waals surface area contributed by atoms with E-state index in [2.05, 4.69) is 20.3 Å². The van der Waals surface area contributed by atoms with Crippen molar-refractivity contribution >= 4 is 23.1 Å². The first kappa shape index (κ1) is 25.0. The maximum absolute atomic E-state index is 14.5. The number of halogens is 5. The number of amides is 1. The second-order valence-electron chi connectivity index (χ2n) is 8.47. The first-order valence-electron chi connectivity index (χ1n) is 10.8. The van der Waals surface area contributed by atoms with Crippen LogP contribution in [0.5, 0.6) is 0 Å². The Hall–Kier alpha value is -3.15. The molecule has 1 amide bonds. The van der Waals surface area contributed by atoms with Crippen LogP contribution >= 0.6 is 11.3 Å². The molecule has 186 valence electrons. The fraction of sp³-hybridized carbons (Fsp3) is 0.391. The summed E-state index contributed by atoms with van der Waals surface area (Å²) in [7, 11) is 0. The quantitative estimate of drug-likeness (QED) is 0.457. The number of aromatic nitrogens is 3. The number of piperidine rings is 1. The number of anilines is 1. The molecule has 0 aromatic carbocycles. The highest BCUT2D eigenvalue weighted by molar-refractivity contribution is 7.15. The molecule has 1 aliphatic heterocycles. The maximum Gasteiger partial charge on any atom is 0.417 e. The summed E-state index contributed by atoms with van der Waals surface area (Å²) in [4.78, 5) is 27.5. The van der Waals surface area contributed by atoms with E-state index >= 15 is 0 Å². The molecule has 1 fully saturated rings. The fourth-order valence-electron chi connectivity index (χ4n) is 4.13. The summed E-state index contributed by atoms with van der Waals surface area (Å²) in [5.41, 5.74) is -0.331. The van der Waals surface area contributed by atoms with Crippen LogP contribution in [0.15, 0.2) is 42.7 Å². The maximum atomic E-state index is 14.5. The molecule has 3 aromatic rings. The third-order valence-corrected chi connectivity index (χ3v) is 6.75. The topological polar surface area (TPSA) is 71.0 Å². The van der Waals surface area contributed by atoms with Gasteiger partial charge in [0.2, 0.25) is 0 Å². The number of rotatable bonds is 5. The Balaban J connectivity index is 1.60. The normalized spacial score (nSPS) is 20.0. The lowest BCUT2D eigenvalue weighted by Crippen LogP contribution is -2.57. The van der Waals surface area contributed by atoms with Crippen LogP contribution in [0.25, 0.3) is 10.6 Å². The Morgan fingerprint density at radius 2 is 2.00 bits per heavy atom. The van der Waals surface area contributed by atoms with E-state index in [0.717, 1.165) is 11.0 Å². The van der Waals surface area contributed by atoms with Gasteiger partial charge in [-0.25, -0.2) is 18.7 Å². The number of thiazole rings is 1. The number of carbonyl (C=O) groups excluding carboxylic acids is 1. The molecular formula is C23H22F5N5OS. The lowest BCUT2D eigenvalue weighted by molar-refractivity contribution is -0.137. The van der Waals surface area contributed by atoms with Gasteiger partial charge < -0.3 is 10.2 Å². The molecule has 3 aromatic heterocycles. The van der Waals surface area contributed by atoms with Gasteiger partial charge in [0, 0.05) is 25.4 Å². The van der Waals surface area contributed by atoms with E-state index in [-0.39, 0.29) is 18.1 Å². The average Bonchev–Trinajstić information content (AvgIpc) is 3.19. The Labute approximate surface area is 202 Å². The van der Waals surface area contributed by atoms with Crippen molar-refractivity contribution < 1.29 is 26.7 Å². The third-order valence-electron chi connectivity index (χ3n) is 5.76. The van der Waals surface area contributed by atoms with Crippen LogP contribution in [0.3, 0.4) is 0 Å². The second-order valence-corrected chi connectivity index (χ2v) is 9.68. The predicted molar refractivity (Wildman–Crippen MR) is 121 cm³/mol. The van der Waals surface area contributed by atoms with Crippen molar-refractivity contribution in [1.82, 2.24) is 19.9 Å². The van der Waals surface area contributed by atoms with Gasteiger partial charge in [-0.15, -0.1) is 11.3 Å². The minimum Gasteiger partial charge on any atom is -0.368 e. The number of likely N-dealkylation sites (tertiary alicyclic amines) is 1. The Kier molecular flexibility index (Phi) is 6.76. The summed E-state index contributed by atoms with van der Waals surface area (Å²) in [6.45, 7) is 2.58. The predicted octanol–water partition coefficient (Wildman–Crippen LogP) is 5.53. The van der Waals surface area contributed by atoms with Gasteiger partial charge >= 0.3 is 6.18 Å². The molecule has 1 saturated heterocycles. The zero-order valence-electron chi connectivity index (χ0n) is 18.8. The standard InChI is InChI=1S/C23H22F5N5OS/c1-13-9-22(24,25)12-33(17(13)11-31-18-7-6-15(10-30-18)23(26,27)28)21(34)19-20(35-14(2)32-19)16-5-3-4-8-29-16/h3-8,10,13,17H,9,11-12H2,1-2H3,(H,30,31)/t13?,17-/m1/s1. The number of hydrogen-bond donors (Lipinski definition) is 1. The minimum absolute atomic E-state index is 0.0311. The molecule has 12 heteroatoms. The Morgan fingerprint density at radius 3 is 2.63 bits per heavy atom. The van der Waals surface area contributed by atoms with Gasteiger partial charge in [0.05, 0.1) is 33.7 Å². The molecule has 6 nitrogen and oxygen atoms in total. The number of pyridine rings is 2. The van der Waals surface area contributed by atoms with E-state index in [1.54, 1.807) is 38.2 Å². The van der Waals surface area contributed by atoms with Crippen molar-refractivity contribution in [2.75, 3.05) is 18.4 Å². The van der Waals surface area contributed by atoms with E-state index in [0.29, 0.717) is 21.8 Å². The van der Waals surface area contributed by atoms with Crippen molar-refractivity contribution in [3.63, 3.8) is 0 Å². The molecule has 2 atom stereocenters. The first-order valence-corrected chi connectivity index (χ1v) is 11.6. The van der Waals surface area contributed by atoms with Crippen LogP contribution in [0.1, 0.15) is 34.4 Å².